The standard InChI is InChI=1S/C27H30N4O/c1-4-30(5-2)22-12-8-20(9-13-22)24-18-26(21-10-14-23(32-3)15-11-21)29-27(25(24)19-28)31-16-6-7-17-31/h8-15,18H,4-7,16-17H2,1-3H3. The van der Waals surface area contributed by atoms with Crippen molar-refractivity contribution in [3.05, 3.63) is 60.2 Å². The van der Waals surface area contributed by atoms with E-state index in [4.69, 9.17) is 9.72 Å². The molecule has 32 heavy (non-hydrogen) atoms. The van der Waals surface area contributed by atoms with Gasteiger partial charge < -0.3 is 14.5 Å². The molecule has 2 aromatic carbocycles. The summed E-state index contributed by atoms with van der Waals surface area (Å²) in [6.07, 6.45) is 2.26. The second-order valence-electron chi connectivity index (χ2n) is 8.01. The summed E-state index contributed by atoms with van der Waals surface area (Å²) in [5.74, 6) is 1.61. The van der Waals surface area contributed by atoms with Crippen molar-refractivity contribution >= 4 is 11.5 Å². The molecule has 1 aliphatic heterocycles. The third kappa shape index (κ3) is 4.27. The maximum Gasteiger partial charge on any atom is 0.147 e. The highest BCUT2D eigenvalue weighted by Crippen LogP contribution is 2.36. The predicted molar refractivity (Wildman–Crippen MR) is 131 cm³/mol. The Morgan fingerprint density at radius 2 is 1.59 bits per heavy atom. The molecule has 0 radical (unpaired) electrons. The van der Waals surface area contributed by atoms with Gasteiger partial charge in [0.25, 0.3) is 0 Å². The monoisotopic (exact) mass is 426 g/mol. The molecule has 0 unspecified atom stereocenters. The van der Waals surface area contributed by atoms with Crippen LogP contribution >= 0.6 is 0 Å². The lowest BCUT2D eigenvalue weighted by atomic mass is 9.97. The molecule has 0 aliphatic carbocycles. The number of ether oxygens (including phenoxy) is 1. The number of benzene rings is 2. The van der Waals surface area contributed by atoms with Gasteiger partial charge in [-0.3, -0.25) is 0 Å². The molecule has 0 saturated carbocycles. The summed E-state index contributed by atoms with van der Waals surface area (Å²) >= 11 is 0. The van der Waals surface area contributed by atoms with E-state index in [1.807, 2.05) is 30.3 Å². The first kappa shape index (κ1) is 21.7. The Balaban J connectivity index is 1.84. The van der Waals surface area contributed by atoms with Gasteiger partial charge in [0.05, 0.1) is 12.8 Å². The van der Waals surface area contributed by atoms with Crippen LogP contribution in [0.5, 0.6) is 5.75 Å². The maximum absolute atomic E-state index is 10.1. The molecule has 4 rings (SSSR count). The molecule has 5 nitrogen and oxygen atoms in total. The number of rotatable bonds is 7. The number of hydrogen-bond donors (Lipinski definition) is 0. The summed E-state index contributed by atoms with van der Waals surface area (Å²) < 4.78 is 5.31. The second-order valence-corrected chi connectivity index (χ2v) is 8.01. The van der Waals surface area contributed by atoms with Gasteiger partial charge in [-0.25, -0.2) is 4.98 Å². The number of pyridine rings is 1. The molecular formula is C27H30N4O. The number of aromatic nitrogens is 1. The lowest BCUT2D eigenvalue weighted by molar-refractivity contribution is 0.415. The Hall–Kier alpha value is -3.52. The summed E-state index contributed by atoms with van der Waals surface area (Å²) in [5, 5.41) is 10.1. The van der Waals surface area contributed by atoms with Crippen molar-refractivity contribution < 1.29 is 4.74 Å². The van der Waals surface area contributed by atoms with E-state index in [0.717, 1.165) is 73.0 Å². The second kappa shape index (κ2) is 9.74. The van der Waals surface area contributed by atoms with E-state index < -0.39 is 0 Å². The normalized spacial score (nSPS) is 13.1. The van der Waals surface area contributed by atoms with Crippen molar-refractivity contribution in [2.45, 2.75) is 26.7 Å². The summed E-state index contributed by atoms with van der Waals surface area (Å²) in [6.45, 7) is 8.14. The van der Waals surface area contributed by atoms with Crippen LogP contribution in [0.4, 0.5) is 11.5 Å². The van der Waals surface area contributed by atoms with Crippen molar-refractivity contribution in [2.24, 2.45) is 0 Å². The average molecular weight is 427 g/mol. The summed E-state index contributed by atoms with van der Waals surface area (Å²) in [6, 6.07) is 21.0. The fourth-order valence-corrected chi connectivity index (χ4v) is 4.38. The quantitative estimate of drug-likeness (QED) is 0.482. The molecule has 1 fully saturated rings. The van der Waals surface area contributed by atoms with Crippen molar-refractivity contribution in [3.63, 3.8) is 0 Å². The van der Waals surface area contributed by atoms with E-state index in [2.05, 4.69) is 54.0 Å². The van der Waals surface area contributed by atoms with Gasteiger partial charge in [-0.2, -0.15) is 5.26 Å². The zero-order chi connectivity index (χ0) is 22.5. The first-order valence-electron chi connectivity index (χ1n) is 11.4. The van der Waals surface area contributed by atoms with Crippen molar-refractivity contribution in [1.29, 1.82) is 5.26 Å². The van der Waals surface area contributed by atoms with Gasteiger partial charge in [0.1, 0.15) is 23.2 Å². The van der Waals surface area contributed by atoms with Crippen LogP contribution in [-0.4, -0.2) is 38.3 Å². The van der Waals surface area contributed by atoms with E-state index in [1.54, 1.807) is 7.11 Å². The molecule has 5 heteroatoms. The third-order valence-electron chi connectivity index (χ3n) is 6.21. The molecular weight excluding hydrogens is 396 g/mol. The Bertz CT molecular complexity index is 1090. The van der Waals surface area contributed by atoms with Crippen LogP contribution in [0.15, 0.2) is 54.6 Å². The van der Waals surface area contributed by atoms with Gasteiger partial charge in [-0.05, 0) is 74.7 Å². The Morgan fingerprint density at radius 3 is 2.16 bits per heavy atom. The van der Waals surface area contributed by atoms with Crippen LogP contribution in [0.3, 0.4) is 0 Å². The highest BCUT2D eigenvalue weighted by atomic mass is 16.5. The number of nitrogens with zero attached hydrogens (tertiary/aromatic N) is 4. The van der Waals surface area contributed by atoms with E-state index in [9.17, 15) is 5.26 Å². The zero-order valence-electron chi connectivity index (χ0n) is 19.1. The molecule has 0 bridgehead atoms. The van der Waals surface area contributed by atoms with Crippen LogP contribution in [0, 0.1) is 11.3 Å². The van der Waals surface area contributed by atoms with E-state index in [1.165, 1.54) is 5.69 Å². The summed E-state index contributed by atoms with van der Waals surface area (Å²) in [5.41, 5.74) is 5.70. The topological polar surface area (TPSA) is 52.4 Å². The zero-order valence-corrected chi connectivity index (χ0v) is 19.1. The van der Waals surface area contributed by atoms with E-state index >= 15 is 0 Å². The first-order valence-corrected chi connectivity index (χ1v) is 11.4. The number of methoxy groups -OCH3 is 1. The van der Waals surface area contributed by atoms with Gasteiger partial charge in [-0.1, -0.05) is 12.1 Å². The average Bonchev–Trinajstić information content (AvgIpc) is 3.39. The molecule has 1 saturated heterocycles. The number of hydrogen-bond acceptors (Lipinski definition) is 5. The molecule has 164 valence electrons. The molecule has 0 spiro atoms. The Morgan fingerprint density at radius 1 is 0.969 bits per heavy atom. The van der Waals surface area contributed by atoms with Gasteiger partial charge in [0, 0.05) is 43.0 Å². The first-order chi connectivity index (χ1) is 15.7. The van der Waals surface area contributed by atoms with Crippen molar-refractivity contribution in [3.8, 4) is 34.2 Å². The lowest BCUT2D eigenvalue weighted by Gasteiger charge is -2.22. The van der Waals surface area contributed by atoms with Gasteiger partial charge in [0.15, 0.2) is 0 Å². The minimum absolute atomic E-state index is 0.653. The van der Waals surface area contributed by atoms with E-state index in [0.29, 0.717) is 5.56 Å². The summed E-state index contributed by atoms with van der Waals surface area (Å²) in [7, 11) is 1.67. The highest BCUT2D eigenvalue weighted by Gasteiger charge is 2.22. The van der Waals surface area contributed by atoms with E-state index in [-0.39, 0.29) is 0 Å². The molecule has 0 N–H and O–H groups in total. The molecule has 0 atom stereocenters. The maximum atomic E-state index is 10.1. The van der Waals surface area contributed by atoms with Crippen molar-refractivity contribution in [1.82, 2.24) is 4.98 Å². The molecule has 0 amide bonds. The van der Waals surface area contributed by atoms with Crippen LogP contribution in [0.1, 0.15) is 32.3 Å². The lowest BCUT2D eigenvalue weighted by Crippen LogP contribution is -2.21. The van der Waals surface area contributed by atoms with Gasteiger partial charge in [0.2, 0.25) is 0 Å². The fourth-order valence-electron chi connectivity index (χ4n) is 4.38. The van der Waals surface area contributed by atoms with Crippen LogP contribution in [0.2, 0.25) is 0 Å². The summed E-state index contributed by atoms with van der Waals surface area (Å²) in [4.78, 5) is 9.53. The van der Waals surface area contributed by atoms with Crippen LogP contribution in [-0.2, 0) is 0 Å². The fraction of sp³-hybridized carbons (Fsp3) is 0.333. The molecule has 3 aromatic rings. The van der Waals surface area contributed by atoms with Gasteiger partial charge >= 0.3 is 0 Å². The Kier molecular flexibility index (Phi) is 6.61. The third-order valence-corrected chi connectivity index (χ3v) is 6.21. The van der Waals surface area contributed by atoms with Gasteiger partial charge in [-0.15, -0.1) is 0 Å². The minimum atomic E-state index is 0.653. The number of anilines is 2. The van der Waals surface area contributed by atoms with Crippen molar-refractivity contribution in [2.75, 3.05) is 43.1 Å². The predicted octanol–water partition coefficient (Wildman–Crippen LogP) is 5.74. The highest BCUT2D eigenvalue weighted by molar-refractivity contribution is 5.82. The number of nitriles is 1. The SMILES string of the molecule is CCN(CC)c1ccc(-c2cc(-c3ccc(OC)cc3)nc(N3CCCC3)c2C#N)cc1. The minimum Gasteiger partial charge on any atom is -0.497 e. The molecule has 2 heterocycles. The largest absolute Gasteiger partial charge is 0.497 e. The van der Waals surface area contributed by atoms with Crippen LogP contribution in [0.25, 0.3) is 22.4 Å². The molecule has 1 aliphatic rings. The molecule has 1 aromatic heterocycles. The van der Waals surface area contributed by atoms with Crippen LogP contribution < -0.4 is 14.5 Å². The smallest absolute Gasteiger partial charge is 0.147 e. The Labute approximate surface area is 190 Å².